The van der Waals surface area contributed by atoms with Crippen molar-refractivity contribution in [2.24, 2.45) is 0 Å². The number of carboxylic acids is 1. The van der Waals surface area contributed by atoms with Crippen LogP contribution in [0, 0.1) is 11.6 Å². The maximum Gasteiger partial charge on any atom is 0.309 e. The lowest BCUT2D eigenvalue weighted by atomic mass is 10.1. The summed E-state index contributed by atoms with van der Waals surface area (Å²) in [6, 6.07) is 4.27. The van der Waals surface area contributed by atoms with Gasteiger partial charge >= 0.3 is 5.97 Å². The van der Waals surface area contributed by atoms with Crippen LogP contribution in [0.5, 0.6) is 0 Å². The number of hydrogen-bond donors (Lipinski definition) is 2. The first-order chi connectivity index (χ1) is 13.3. The number of halogens is 3. The summed E-state index contributed by atoms with van der Waals surface area (Å²) in [5, 5.41) is 9.03. The molecule has 7 nitrogen and oxygen atoms in total. The minimum absolute atomic E-state index is 0.0888. The first kappa shape index (κ1) is 19.7. The normalized spacial score (nSPS) is 11.1. The van der Waals surface area contributed by atoms with Gasteiger partial charge < -0.3 is 15.6 Å². The number of pyridine rings is 1. The number of fused-ring (bicyclic) bond motifs is 1. The number of nitrogens with two attached hydrogens (primary N) is 1. The van der Waals surface area contributed by atoms with Crippen LogP contribution in [0.25, 0.3) is 22.2 Å². The molecule has 3 rings (SSSR count). The number of rotatable bonds is 5. The number of methoxy groups -OCH3 is 1. The van der Waals surface area contributed by atoms with Gasteiger partial charge in [0.25, 0.3) is 5.91 Å². The standard InChI is InChI=1S/C18H14ClF2N3O4/c1-28-7-11(25)24-5-4-8-2-3-9(14(20)18(8)24)17-15(21)16(22)13(19)10(23-17)6-12(26)27/h2-5H,6-7H2,1H3,(H2,22,23)(H,26,27). The van der Waals surface area contributed by atoms with Gasteiger partial charge in [0.1, 0.15) is 12.3 Å². The van der Waals surface area contributed by atoms with Crippen molar-refractivity contribution in [3.8, 4) is 11.3 Å². The molecule has 0 saturated carbocycles. The van der Waals surface area contributed by atoms with Crippen LogP contribution in [-0.2, 0) is 16.0 Å². The summed E-state index contributed by atoms with van der Waals surface area (Å²) in [7, 11) is 1.32. The van der Waals surface area contributed by atoms with Crippen LogP contribution in [0.4, 0.5) is 14.5 Å². The summed E-state index contributed by atoms with van der Waals surface area (Å²) in [6.07, 6.45) is 0.748. The van der Waals surface area contributed by atoms with Gasteiger partial charge in [-0.05, 0) is 12.1 Å². The fraction of sp³-hybridized carbons (Fsp3) is 0.167. The van der Waals surface area contributed by atoms with E-state index in [-0.39, 0.29) is 28.4 Å². The fourth-order valence-electron chi connectivity index (χ4n) is 2.82. The number of anilines is 1. The van der Waals surface area contributed by atoms with Gasteiger partial charge in [-0.25, -0.2) is 13.8 Å². The Hall–Kier alpha value is -3.04. The Kier molecular flexibility index (Phi) is 5.30. The lowest BCUT2D eigenvalue weighted by Gasteiger charge is -2.12. The van der Waals surface area contributed by atoms with Crippen molar-refractivity contribution in [2.75, 3.05) is 19.5 Å². The first-order valence-corrected chi connectivity index (χ1v) is 8.31. The van der Waals surface area contributed by atoms with Gasteiger partial charge in [-0.15, -0.1) is 0 Å². The highest BCUT2D eigenvalue weighted by Crippen LogP contribution is 2.35. The number of carbonyl (C=O) groups is 2. The Bertz CT molecular complexity index is 1110. The summed E-state index contributed by atoms with van der Waals surface area (Å²) in [6.45, 7) is -0.281. The van der Waals surface area contributed by atoms with Crippen molar-refractivity contribution in [3.63, 3.8) is 0 Å². The average Bonchev–Trinajstić information content (AvgIpc) is 3.08. The second-order valence-corrected chi connectivity index (χ2v) is 6.27. The van der Waals surface area contributed by atoms with Crippen LogP contribution in [0.3, 0.4) is 0 Å². The molecule has 28 heavy (non-hydrogen) atoms. The molecule has 0 radical (unpaired) electrons. The number of hydrogen-bond acceptors (Lipinski definition) is 5. The van der Waals surface area contributed by atoms with Crippen LogP contribution >= 0.6 is 11.6 Å². The maximum atomic E-state index is 15.2. The molecule has 2 aromatic heterocycles. The maximum absolute atomic E-state index is 15.2. The van der Waals surface area contributed by atoms with Gasteiger partial charge in [0.15, 0.2) is 11.6 Å². The van der Waals surface area contributed by atoms with Gasteiger partial charge in [-0.3, -0.25) is 14.2 Å². The SMILES string of the molecule is COCC(=O)n1ccc2ccc(-c3nc(CC(=O)O)c(Cl)c(N)c3F)c(F)c21. The number of carbonyl (C=O) groups excluding carboxylic acids is 1. The zero-order valence-electron chi connectivity index (χ0n) is 14.5. The molecule has 0 saturated heterocycles. The van der Waals surface area contributed by atoms with E-state index in [0.29, 0.717) is 5.39 Å². The second kappa shape index (κ2) is 7.53. The molecule has 10 heteroatoms. The molecule has 2 heterocycles. The lowest BCUT2D eigenvalue weighted by molar-refractivity contribution is -0.136. The van der Waals surface area contributed by atoms with E-state index < -0.39 is 41.3 Å². The molecular weight excluding hydrogens is 396 g/mol. The molecule has 0 amide bonds. The van der Waals surface area contributed by atoms with Crippen molar-refractivity contribution in [1.29, 1.82) is 0 Å². The molecule has 0 atom stereocenters. The molecule has 0 aliphatic heterocycles. The molecule has 0 aliphatic rings. The topological polar surface area (TPSA) is 107 Å². The largest absolute Gasteiger partial charge is 0.481 e. The average molecular weight is 410 g/mol. The number of benzene rings is 1. The zero-order chi connectivity index (χ0) is 20.6. The number of aliphatic carboxylic acids is 1. The summed E-state index contributed by atoms with van der Waals surface area (Å²) in [5.74, 6) is -3.79. The highest BCUT2D eigenvalue weighted by Gasteiger charge is 2.24. The molecule has 0 spiro atoms. The van der Waals surface area contributed by atoms with Gasteiger partial charge in [-0.1, -0.05) is 17.7 Å². The number of aromatic nitrogens is 2. The number of ether oxygens (including phenoxy) is 1. The zero-order valence-corrected chi connectivity index (χ0v) is 15.3. The van der Waals surface area contributed by atoms with Crippen LogP contribution in [0.2, 0.25) is 5.02 Å². The predicted octanol–water partition coefficient (Wildman–Crippen LogP) is 3.13. The van der Waals surface area contributed by atoms with E-state index in [0.717, 1.165) is 4.57 Å². The third-order valence-corrected chi connectivity index (χ3v) is 4.50. The van der Waals surface area contributed by atoms with E-state index in [1.165, 1.54) is 31.5 Å². The smallest absolute Gasteiger partial charge is 0.309 e. The van der Waals surface area contributed by atoms with Crippen LogP contribution < -0.4 is 5.73 Å². The Morgan fingerprint density at radius 2 is 2.00 bits per heavy atom. The van der Waals surface area contributed by atoms with Crippen molar-refractivity contribution in [3.05, 3.63) is 46.7 Å². The van der Waals surface area contributed by atoms with Gasteiger partial charge in [0.05, 0.1) is 28.3 Å². The predicted molar refractivity (Wildman–Crippen MR) is 98.3 cm³/mol. The van der Waals surface area contributed by atoms with E-state index >= 15 is 4.39 Å². The summed E-state index contributed by atoms with van der Waals surface area (Å²) >= 11 is 5.87. The Morgan fingerprint density at radius 3 is 2.64 bits per heavy atom. The number of nitrogens with zero attached hydrogens (tertiary/aromatic N) is 2. The van der Waals surface area contributed by atoms with E-state index in [1.54, 1.807) is 0 Å². The number of carboxylic acid groups (broad SMARTS) is 1. The van der Waals surface area contributed by atoms with E-state index in [9.17, 15) is 14.0 Å². The monoisotopic (exact) mass is 409 g/mol. The van der Waals surface area contributed by atoms with Crippen LogP contribution in [-0.4, -0.2) is 40.3 Å². The van der Waals surface area contributed by atoms with Gasteiger partial charge in [0.2, 0.25) is 0 Å². The number of nitrogen functional groups attached to an aromatic ring is 1. The summed E-state index contributed by atoms with van der Waals surface area (Å²) < 4.78 is 35.7. The van der Waals surface area contributed by atoms with Crippen LogP contribution in [0.1, 0.15) is 10.5 Å². The van der Waals surface area contributed by atoms with E-state index in [2.05, 4.69) is 4.98 Å². The van der Waals surface area contributed by atoms with Gasteiger partial charge in [0, 0.05) is 24.3 Å². The third-order valence-electron chi connectivity index (χ3n) is 4.08. The molecule has 3 N–H and O–H groups in total. The Balaban J connectivity index is 2.25. The highest BCUT2D eigenvalue weighted by molar-refractivity contribution is 6.34. The summed E-state index contributed by atoms with van der Waals surface area (Å²) in [4.78, 5) is 27.0. The highest BCUT2D eigenvalue weighted by atomic mass is 35.5. The molecule has 0 bridgehead atoms. The molecule has 146 valence electrons. The first-order valence-electron chi connectivity index (χ1n) is 7.93. The Labute approximate surface area is 162 Å². The second-order valence-electron chi connectivity index (χ2n) is 5.90. The van der Waals surface area contributed by atoms with E-state index in [4.69, 9.17) is 27.2 Å². The van der Waals surface area contributed by atoms with Crippen molar-refractivity contribution >= 4 is 40.1 Å². The molecular formula is C18H14ClF2N3O4. The Morgan fingerprint density at radius 1 is 1.29 bits per heavy atom. The molecule has 1 aromatic carbocycles. The third kappa shape index (κ3) is 3.30. The quantitative estimate of drug-likeness (QED) is 0.670. The lowest BCUT2D eigenvalue weighted by Crippen LogP contribution is -2.16. The van der Waals surface area contributed by atoms with Crippen molar-refractivity contribution in [2.45, 2.75) is 6.42 Å². The minimum atomic E-state index is -1.26. The minimum Gasteiger partial charge on any atom is -0.481 e. The van der Waals surface area contributed by atoms with Gasteiger partial charge in [-0.2, -0.15) is 0 Å². The van der Waals surface area contributed by atoms with Crippen molar-refractivity contribution in [1.82, 2.24) is 9.55 Å². The summed E-state index contributed by atoms with van der Waals surface area (Å²) in [5.41, 5.74) is 4.01. The molecule has 3 aromatic rings. The molecule has 0 fully saturated rings. The van der Waals surface area contributed by atoms with Crippen LogP contribution in [0.15, 0.2) is 24.4 Å². The molecule has 0 aliphatic carbocycles. The van der Waals surface area contributed by atoms with E-state index in [1.807, 2.05) is 0 Å². The fourth-order valence-corrected chi connectivity index (χ4v) is 3.02. The van der Waals surface area contributed by atoms with Crippen molar-refractivity contribution < 1.29 is 28.2 Å². The molecule has 0 unspecified atom stereocenters.